The van der Waals surface area contributed by atoms with Crippen LogP contribution >= 0.6 is 0 Å². The largest absolute Gasteiger partial charge is 0.506 e. The van der Waals surface area contributed by atoms with E-state index >= 15 is 0 Å². The Morgan fingerprint density at radius 3 is 2.39 bits per heavy atom. The zero-order valence-corrected chi connectivity index (χ0v) is 11.8. The van der Waals surface area contributed by atoms with Gasteiger partial charge < -0.3 is 14.9 Å². The number of phenolic OH excluding ortho intramolecular Hbond substituents is 1. The number of nitrogens with zero attached hydrogens (tertiary/aromatic N) is 2. The predicted molar refractivity (Wildman–Crippen MR) is 81.5 cm³/mol. The number of carbonyl (C=O) groups is 2. The van der Waals surface area contributed by atoms with Crippen LogP contribution in [-0.2, 0) is 4.79 Å². The maximum absolute atomic E-state index is 11.1. The van der Waals surface area contributed by atoms with E-state index in [1.807, 2.05) is 0 Å². The van der Waals surface area contributed by atoms with Crippen LogP contribution in [0.15, 0.2) is 65.3 Å². The second-order valence-corrected chi connectivity index (χ2v) is 4.30. The molecular formula is C16H12N2O5. The van der Waals surface area contributed by atoms with Gasteiger partial charge in [0.1, 0.15) is 17.2 Å². The Balaban J connectivity index is 2.23. The summed E-state index contributed by atoms with van der Waals surface area (Å²) in [5, 5.41) is 26.4. The smallest absolute Gasteiger partial charge is 0.338 e. The SMILES string of the molecule is C=CC(=O)Oc1ccc(N=Nc2c(O)cccc2C(=O)O)cc1. The molecule has 7 nitrogen and oxygen atoms in total. The highest BCUT2D eigenvalue weighted by atomic mass is 16.5. The van der Waals surface area contributed by atoms with Crippen molar-refractivity contribution in [1.29, 1.82) is 0 Å². The number of carboxylic acids is 1. The van der Waals surface area contributed by atoms with Gasteiger partial charge in [0.25, 0.3) is 0 Å². The van der Waals surface area contributed by atoms with E-state index < -0.39 is 11.9 Å². The second-order valence-electron chi connectivity index (χ2n) is 4.30. The molecule has 0 aliphatic rings. The minimum absolute atomic E-state index is 0.137. The predicted octanol–water partition coefficient (Wildman–Crippen LogP) is 3.60. The van der Waals surface area contributed by atoms with Crippen LogP contribution < -0.4 is 4.74 Å². The summed E-state index contributed by atoms with van der Waals surface area (Å²) >= 11 is 0. The molecule has 0 amide bonds. The quantitative estimate of drug-likeness (QED) is 0.379. The van der Waals surface area contributed by atoms with Gasteiger partial charge in [0.05, 0.1) is 11.3 Å². The number of carboxylic acid groups (broad SMARTS) is 1. The zero-order valence-electron chi connectivity index (χ0n) is 11.8. The third-order valence-electron chi connectivity index (χ3n) is 2.73. The minimum atomic E-state index is -1.22. The van der Waals surface area contributed by atoms with Crippen LogP contribution in [0.4, 0.5) is 11.4 Å². The van der Waals surface area contributed by atoms with Crippen molar-refractivity contribution in [3.63, 3.8) is 0 Å². The summed E-state index contributed by atoms with van der Waals surface area (Å²) in [6.45, 7) is 3.29. The van der Waals surface area contributed by atoms with E-state index in [0.717, 1.165) is 6.08 Å². The minimum Gasteiger partial charge on any atom is -0.506 e. The van der Waals surface area contributed by atoms with Crippen LogP contribution in [0.2, 0.25) is 0 Å². The fourth-order valence-electron chi connectivity index (χ4n) is 1.66. The zero-order chi connectivity index (χ0) is 16.8. The van der Waals surface area contributed by atoms with Gasteiger partial charge >= 0.3 is 11.9 Å². The van der Waals surface area contributed by atoms with Gasteiger partial charge in [-0.25, -0.2) is 9.59 Å². The molecule has 7 heteroatoms. The number of aromatic carboxylic acids is 1. The van der Waals surface area contributed by atoms with Crippen molar-refractivity contribution < 1.29 is 24.5 Å². The number of esters is 1. The van der Waals surface area contributed by atoms with E-state index in [9.17, 15) is 14.7 Å². The number of phenols is 1. The first-order chi connectivity index (χ1) is 11.0. The topological polar surface area (TPSA) is 109 Å². The van der Waals surface area contributed by atoms with Crippen molar-refractivity contribution in [1.82, 2.24) is 0 Å². The van der Waals surface area contributed by atoms with Crippen molar-refractivity contribution in [3.8, 4) is 11.5 Å². The van der Waals surface area contributed by atoms with Gasteiger partial charge in [-0.3, -0.25) is 0 Å². The number of ether oxygens (including phenoxy) is 1. The van der Waals surface area contributed by atoms with Crippen molar-refractivity contribution in [2.24, 2.45) is 10.2 Å². The molecule has 2 aromatic rings. The Morgan fingerprint density at radius 1 is 1.09 bits per heavy atom. The molecule has 0 aliphatic carbocycles. The molecule has 0 unspecified atom stereocenters. The lowest BCUT2D eigenvalue weighted by atomic mass is 10.1. The van der Waals surface area contributed by atoms with E-state index in [0.29, 0.717) is 11.4 Å². The highest BCUT2D eigenvalue weighted by molar-refractivity contribution is 5.94. The normalized spacial score (nSPS) is 10.4. The van der Waals surface area contributed by atoms with E-state index in [2.05, 4.69) is 16.8 Å². The van der Waals surface area contributed by atoms with E-state index in [4.69, 9.17) is 9.84 Å². The van der Waals surface area contributed by atoms with Crippen molar-refractivity contribution in [2.75, 3.05) is 0 Å². The molecule has 0 aromatic heterocycles. The summed E-state index contributed by atoms with van der Waals surface area (Å²) in [6.07, 6.45) is 1.04. The highest BCUT2D eigenvalue weighted by Crippen LogP contribution is 2.32. The molecule has 23 heavy (non-hydrogen) atoms. The molecular weight excluding hydrogens is 300 g/mol. The molecule has 2 rings (SSSR count). The molecule has 116 valence electrons. The van der Waals surface area contributed by atoms with Gasteiger partial charge in [-0.15, -0.1) is 5.11 Å². The van der Waals surface area contributed by atoms with Gasteiger partial charge in [-0.05, 0) is 36.4 Å². The molecule has 0 bridgehead atoms. The second kappa shape index (κ2) is 6.99. The first kappa shape index (κ1) is 15.9. The first-order valence-corrected chi connectivity index (χ1v) is 6.42. The van der Waals surface area contributed by atoms with Crippen LogP contribution in [0.3, 0.4) is 0 Å². The fraction of sp³-hybridized carbons (Fsp3) is 0. The molecule has 0 saturated heterocycles. The van der Waals surface area contributed by atoms with Crippen molar-refractivity contribution in [3.05, 3.63) is 60.7 Å². The number of aromatic hydroxyl groups is 1. The fourth-order valence-corrected chi connectivity index (χ4v) is 1.66. The Bertz CT molecular complexity index is 782. The van der Waals surface area contributed by atoms with Gasteiger partial charge in [0.2, 0.25) is 0 Å². The molecule has 0 heterocycles. The lowest BCUT2D eigenvalue weighted by molar-refractivity contribution is -0.128. The van der Waals surface area contributed by atoms with Gasteiger partial charge in [-0.1, -0.05) is 12.6 Å². The number of hydrogen-bond acceptors (Lipinski definition) is 6. The molecule has 2 aromatic carbocycles. The number of carbonyl (C=O) groups excluding carboxylic acids is 1. The summed E-state index contributed by atoms with van der Waals surface area (Å²) < 4.78 is 4.90. The lowest BCUT2D eigenvalue weighted by Crippen LogP contribution is -2.02. The van der Waals surface area contributed by atoms with Crippen LogP contribution in [0.25, 0.3) is 0 Å². The van der Waals surface area contributed by atoms with Gasteiger partial charge in [-0.2, -0.15) is 5.11 Å². The van der Waals surface area contributed by atoms with Gasteiger partial charge in [0, 0.05) is 6.08 Å². The van der Waals surface area contributed by atoms with Crippen LogP contribution in [0.5, 0.6) is 11.5 Å². The molecule has 0 fully saturated rings. The third kappa shape index (κ3) is 4.01. The molecule has 0 radical (unpaired) electrons. The molecule has 2 N–H and O–H groups in total. The number of benzene rings is 2. The average Bonchev–Trinajstić information content (AvgIpc) is 2.54. The van der Waals surface area contributed by atoms with Crippen LogP contribution in [0, 0.1) is 0 Å². The Kier molecular flexibility index (Phi) is 4.83. The first-order valence-electron chi connectivity index (χ1n) is 6.42. The highest BCUT2D eigenvalue weighted by Gasteiger charge is 2.13. The third-order valence-corrected chi connectivity index (χ3v) is 2.73. The maximum atomic E-state index is 11.1. The Morgan fingerprint density at radius 2 is 1.78 bits per heavy atom. The molecule has 0 spiro atoms. The summed E-state index contributed by atoms with van der Waals surface area (Å²) in [5.74, 6) is -1.78. The van der Waals surface area contributed by atoms with E-state index in [-0.39, 0.29) is 17.0 Å². The van der Waals surface area contributed by atoms with Crippen molar-refractivity contribution >= 4 is 23.3 Å². The number of hydrogen-bond donors (Lipinski definition) is 2. The Labute approximate surface area is 131 Å². The molecule has 0 aliphatic heterocycles. The molecule has 0 atom stereocenters. The lowest BCUT2D eigenvalue weighted by Gasteiger charge is -2.03. The summed E-state index contributed by atoms with van der Waals surface area (Å²) in [7, 11) is 0. The van der Waals surface area contributed by atoms with Crippen molar-refractivity contribution in [2.45, 2.75) is 0 Å². The standard InChI is InChI=1S/C16H12N2O5/c1-2-14(20)23-11-8-6-10(7-9-11)17-18-15-12(16(21)22)4-3-5-13(15)19/h2-9,19H,1H2,(H,21,22). The summed E-state index contributed by atoms with van der Waals surface area (Å²) in [5.41, 5.74) is 0.0930. The summed E-state index contributed by atoms with van der Waals surface area (Å²) in [6, 6.07) is 10.1. The van der Waals surface area contributed by atoms with E-state index in [1.54, 1.807) is 0 Å². The molecule has 0 saturated carbocycles. The van der Waals surface area contributed by atoms with Crippen LogP contribution in [0.1, 0.15) is 10.4 Å². The van der Waals surface area contributed by atoms with Gasteiger partial charge in [0.15, 0.2) is 0 Å². The monoisotopic (exact) mass is 312 g/mol. The van der Waals surface area contributed by atoms with Crippen LogP contribution in [-0.4, -0.2) is 22.2 Å². The number of azo groups is 1. The number of rotatable bonds is 5. The Hall–Kier alpha value is -3.48. The summed E-state index contributed by atoms with van der Waals surface area (Å²) in [4.78, 5) is 22.1. The average molecular weight is 312 g/mol. The maximum Gasteiger partial charge on any atom is 0.338 e. The van der Waals surface area contributed by atoms with E-state index in [1.165, 1.54) is 42.5 Å².